The Morgan fingerprint density at radius 2 is 2.10 bits per heavy atom. The zero-order chi connectivity index (χ0) is 15.8. The number of esters is 1. The first-order chi connectivity index (χ1) is 10.1. The third kappa shape index (κ3) is 4.52. The van der Waals surface area contributed by atoms with Gasteiger partial charge in [0.25, 0.3) is 0 Å². The molecule has 0 aromatic carbocycles. The first-order valence-corrected chi connectivity index (χ1v) is 8.18. The summed E-state index contributed by atoms with van der Waals surface area (Å²) in [5.41, 5.74) is 6.30. The summed E-state index contributed by atoms with van der Waals surface area (Å²) in [7, 11) is 2.90. The Morgan fingerprint density at radius 1 is 1.38 bits per heavy atom. The Morgan fingerprint density at radius 3 is 2.62 bits per heavy atom. The Kier molecular flexibility index (Phi) is 7.36. The van der Waals surface area contributed by atoms with Crippen molar-refractivity contribution in [3.63, 3.8) is 0 Å². The van der Waals surface area contributed by atoms with E-state index in [1.54, 1.807) is 7.11 Å². The monoisotopic (exact) mass is 314 g/mol. The van der Waals surface area contributed by atoms with Crippen LogP contribution in [0, 0.1) is 5.92 Å². The molecule has 0 saturated carbocycles. The highest BCUT2D eigenvalue weighted by atomic mass is 32.1. The van der Waals surface area contributed by atoms with Gasteiger partial charge in [-0.2, -0.15) is 0 Å². The number of nitrogen functional groups attached to an aromatic ring is 1. The van der Waals surface area contributed by atoms with E-state index in [0.29, 0.717) is 22.2 Å². The van der Waals surface area contributed by atoms with Gasteiger partial charge >= 0.3 is 5.97 Å². The van der Waals surface area contributed by atoms with E-state index < -0.39 is 5.97 Å². The molecule has 1 atom stereocenters. The average Bonchev–Trinajstić information content (AvgIpc) is 2.82. The van der Waals surface area contributed by atoms with Crippen LogP contribution >= 0.6 is 11.3 Å². The predicted molar refractivity (Wildman–Crippen MR) is 88.4 cm³/mol. The molecule has 120 valence electrons. The van der Waals surface area contributed by atoms with Crippen molar-refractivity contribution in [2.45, 2.75) is 39.5 Å². The summed E-state index contributed by atoms with van der Waals surface area (Å²) >= 11 is 1.28. The van der Waals surface area contributed by atoms with Crippen molar-refractivity contribution >= 4 is 28.0 Å². The van der Waals surface area contributed by atoms with E-state index in [9.17, 15) is 4.79 Å². The number of rotatable bonds is 9. The Balaban J connectivity index is 2.80. The van der Waals surface area contributed by atoms with Crippen molar-refractivity contribution in [2.75, 3.05) is 31.8 Å². The first-order valence-electron chi connectivity index (χ1n) is 7.37. The molecule has 0 bridgehead atoms. The van der Waals surface area contributed by atoms with Gasteiger partial charge in [0.1, 0.15) is 15.6 Å². The molecule has 1 unspecified atom stereocenters. The number of carbonyl (C=O) groups excluding carboxylic acids is 1. The van der Waals surface area contributed by atoms with Gasteiger partial charge in [-0.3, -0.25) is 0 Å². The van der Waals surface area contributed by atoms with Gasteiger partial charge in [0.2, 0.25) is 0 Å². The third-order valence-electron chi connectivity index (χ3n) is 3.57. The van der Waals surface area contributed by atoms with E-state index in [1.165, 1.54) is 37.7 Å². The van der Waals surface area contributed by atoms with E-state index >= 15 is 0 Å². The van der Waals surface area contributed by atoms with Gasteiger partial charge in [0, 0.05) is 6.54 Å². The second-order valence-corrected chi connectivity index (χ2v) is 6.02. The summed E-state index contributed by atoms with van der Waals surface area (Å²) in [6, 6.07) is 0. The van der Waals surface area contributed by atoms with Gasteiger partial charge in [0.05, 0.1) is 14.2 Å². The van der Waals surface area contributed by atoms with Crippen LogP contribution in [0.15, 0.2) is 0 Å². The van der Waals surface area contributed by atoms with Gasteiger partial charge < -0.3 is 20.5 Å². The fraction of sp³-hybridized carbons (Fsp3) is 0.667. The van der Waals surface area contributed by atoms with Crippen molar-refractivity contribution in [2.24, 2.45) is 5.92 Å². The van der Waals surface area contributed by atoms with Gasteiger partial charge in [-0.25, -0.2) is 4.79 Å². The third-order valence-corrected chi connectivity index (χ3v) is 4.69. The number of hydrogen-bond acceptors (Lipinski definition) is 6. The molecular formula is C15H26N2O3S. The van der Waals surface area contributed by atoms with E-state index in [4.69, 9.17) is 15.2 Å². The second kappa shape index (κ2) is 8.77. The van der Waals surface area contributed by atoms with Crippen LogP contribution in [0.3, 0.4) is 0 Å². The number of anilines is 2. The maximum absolute atomic E-state index is 11.7. The van der Waals surface area contributed by atoms with Gasteiger partial charge in [-0.15, -0.1) is 11.3 Å². The van der Waals surface area contributed by atoms with Crippen LogP contribution in [-0.4, -0.2) is 26.7 Å². The minimum atomic E-state index is -0.429. The van der Waals surface area contributed by atoms with Crippen molar-refractivity contribution < 1.29 is 14.3 Å². The van der Waals surface area contributed by atoms with Crippen molar-refractivity contribution in [1.29, 1.82) is 0 Å². The van der Waals surface area contributed by atoms with E-state index in [-0.39, 0.29) is 0 Å². The highest BCUT2D eigenvalue weighted by Gasteiger charge is 2.22. The first kappa shape index (κ1) is 17.6. The molecular weight excluding hydrogens is 288 g/mol. The molecule has 0 fully saturated rings. The fourth-order valence-corrected chi connectivity index (χ4v) is 3.19. The summed E-state index contributed by atoms with van der Waals surface area (Å²) in [4.78, 5) is 12.1. The van der Waals surface area contributed by atoms with E-state index in [2.05, 4.69) is 19.2 Å². The average molecular weight is 314 g/mol. The molecule has 6 heteroatoms. The second-order valence-electron chi connectivity index (χ2n) is 5.00. The van der Waals surface area contributed by atoms with Crippen LogP contribution in [0.25, 0.3) is 0 Å². The van der Waals surface area contributed by atoms with Crippen molar-refractivity contribution in [3.05, 3.63) is 4.88 Å². The SMILES string of the molecule is CCCCC(CC)CNc1sc(C(=O)OC)c(N)c1OC. The summed E-state index contributed by atoms with van der Waals surface area (Å²) < 4.78 is 10.1. The molecule has 1 heterocycles. The largest absolute Gasteiger partial charge is 0.492 e. The topological polar surface area (TPSA) is 73.6 Å². The lowest BCUT2D eigenvalue weighted by molar-refractivity contribution is 0.0607. The number of nitrogens with two attached hydrogens (primary N) is 1. The minimum absolute atomic E-state index is 0.346. The summed E-state index contributed by atoms with van der Waals surface area (Å²) in [5.74, 6) is 0.715. The molecule has 5 nitrogen and oxygen atoms in total. The van der Waals surface area contributed by atoms with Crippen LogP contribution in [0.1, 0.15) is 49.2 Å². The molecule has 0 radical (unpaired) electrons. The molecule has 0 spiro atoms. The molecule has 3 N–H and O–H groups in total. The zero-order valence-corrected chi connectivity index (χ0v) is 14.1. The lowest BCUT2D eigenvalue weighted by atomic mass is 9.99. The molecule has 21 heavy (non-hydrogen) atoms. The summed E-state index contributed by atoms with van der Waals surface area (Å²) in [6.45, 7) is 5.25. The highest BCUT2D eigenvalue weighted by Crippen LogP contribution is 2.42. The molecule has 1 aromatic rings. The van der Waals surface area contributed by atoms with Crippen LogP contribution in [-0.2, 0) is 4.74 Å². The van der Waals surface area contributed by atoms with Crippen LogP contribution < -0.4 is 15.8 Å². The number of hydrogen-bond donors (Lipinski definition) is 2. The highest BCUT2D eigenvalue weighted by molar-refractivity contribution is 7.19. The molecule has 0 aliphatic carbocycles. The van der Waals surface area contributed by atoms with E-state index in [0.717, 1.165) is 18.0 Å². The normalized spacial score (nSPS) is 12.0. The smallest absolute Gasteiger partial charge is 0.350 e. The standard InChI is InChI=1S/C15H26N2O3S/c1-5-7-8-10(6-2)9-17-14-12(19-3)11(16)13(21-14)15(18)20-4/h10,17H,5-9,16H2,1-4H3. The summed E-state index contributed by atoms with van der Waals surface area (Å²) in [6.07, 6.45) is 4.77. The molecule has 0 aliphatic rings. The Labute approximate surface area is 130 Å². The predicted octanol–water partition coefficient (Wildman–Crippen LogP) is 3.75. The number of unbranched alkanes of at least 4 members (excludes halogenated alkanes) is 1. The Hall–Kier alpha value is -1.43. The number of carbonyl (C=O) groups is 1. The maximum atomic E-state index is 11.7. The molecule has 0 saturated heterocycles. The van der Waals surface area contributed by atoms with Gasteiger partial charge in [-0.1, -0.05) is 33.1 Å². The fourth-order valence-electron chi connectivity index (χ4n) is 2.17. The van der Waals surface area contributed by atoms with Crippen LogP contribution in [0.4, 0.5) is 10.7 Å². The lowest BCUT2D eigenvalue weighted by Crippen LogP contribution is -2.13. The molecule has 1 aromatic heterocycles. The minimum Gasteiger partial charge on any atom is -0.492 e. The number of nitrogens with one attached hydrogen (secondary N) is 1. The number of thiophene rings is 1. The summed E-state index contributed by atoms with van der Waals surface area (Å²) in [5, 5.41) is 4.17. The molecule has 1 rings (SSSR count). The molecule has 0 amide bonds. The quantitative estimate of drug-likeness (QED) is 0.679. The van der Waals surface area contributed by atoms with Gasteiger partial charge in [-0.05, 0) is 12.3 Å². The number of methoxy groups -OCH3 is 2. The van der Waals surface area contributed by atoms with Crippen molar-refractivity contribution in [3.8, 4) is 5.75 Å². The van der Waals surface area contributed by atoms with Crippen LogP contribution in [0.5, 0.6) is 5.75 Å². The molecule has 0 aliphatic heterocycles. The lowest BCUT2D eigenvalue weighted by Gasteiger charge is -2.15. The van der Waals surface area contributed by atoms with Crippen molar-refractivity contribution in [1.82, 2.24) is 0 Å². The Bertz CT molecular complexity index is 460. The maximum Gasteiger partial charge on any atom is 0.350 e. The number of ether oxygens (including phenoxy) is 2. The zero-order valence-electron chi connectivity index (χ0n) is 13.3. The van der Waals surface area contributed by atoms with E-state index in [1.807, 2.05) is 0 Å². The van der Waals surface area contributed by atoms with Gasteiger partial charge in [0.15, 0.2) is 5.75 Å². The van der Waals surface area contributed by atoms with Crippen LogP contribution in [0.2, 0.25) is 0 Å².